The zero-order valence-corrected chi connectivity index (χ0v) is 20.3. The molecule has 8 heteroatoms. The number of ether oxygens (including phenoxy) is 2. The van der Waals surface area contributed by atoms with Crippen molar-refractivity contribution in [1.29, 1.82) is 0 Å². The van der Waals surface area contributed by atoms with Crippen LogP contribution in [0.25, 0.3) is 10.9 Å². The fraction of sp³-hybridized carbons (Fsp3) is 0.583. The number of benzene rings is 1. The number of para-hydroxylation sites is 1. The average molecular weight is 455 g/mol. The second-order valence-corrected chi connectivity index (χ2v) is 15.1. The number of esters is 1. The molecule has 5 heterocycles. The van der Waals surface area contributed by atoms with E-state index in [4.69, 9.17) is 13.9 Å². The number of hydrogen-bond donors (Lipinski definition) is 0. The molecule has 1 aromatic heterocycles. The normalized spacial score (nSPS) is 34.8. The van der Waals surface area contributed by atoms with Crippen LogP contribution in [0.1, 0.15) is 37.1 Å². The standard InChI is InChI=1S/C24H30N2O5Si/c1-6-23-13-24(22(28)29-2)26-16-10-8-7-9-14(16)15-11-12-25(19(23)17(15)26)21(27)18(20(23)30-24)31-32(3,4)5/h7-10,18-20H,6,11-13H2,1-5H3/t18-,19-,20-,23+,24+/m1/s1. The Labute approximate surface area is 188 Å². The third-order valence-electron chi connectivity index (χ3n) is 8.00. The smallest absolute Gasteiger partial charge is 0.360 e. The van der Waals surface area contributed by atoms with Crippen molar-refractivity contribution in [2.45, 2.75) is 69.8 Å². The molecule has 0 saturated carbocycles. The van der Waals surface area contributed by atoms with E-state index in [1.165, 1.54) is 12.7 Å². The van der Waals surface area contributed by atoms with Crippen LogP contribution >= 0.6 is 0 Å². The Morgan fingerprint density at radius 1 is 1.28 bits per heavy atom. The minimum atomic E-state index is -2.06. The molecule has 2 fully saturated rings. The number of carbonyl (C=O) groups excluding carboxylic acids is 2. The van der Waals surface area contributed by atoms with E-state index in [1.54, 1.807) is 0 Å². The Morgan fingerprint density at radius 3 is 2.72 bits per heavy atom. The van der Waals surface area contributed by atoms with Crippen LogP contribution in [0, 0.1) is 5.41 Å². The molecule has 5 atom stereocenters. The number of carbonyl (C=O) groups is 2. The number of rotatable bonds is 4. The zero-order chi connectivity index (χ0) is 22.6. The molecule has 7 nitrogen and oxygen atoms in total. The first-order valence-electron chi connectivity index (χ1n) is 11.6. The van der Waals surface area contributed by atoms with E-state index in [-0.39, 0.29) is 11.9 Å². The van der Waals surface area contributed by atoms with Gasteiger partial charge in [0.2, 0.25) is 5.72 Å². The molecule has 4 aliphatic heterocycles. The number of methoxy groups -OCH3 is 1. The SMILES string of the molecule is CC[C@@]12C[C@@]3(C(=O)OC)O[C@@H]1[C@@H](O[Si](C)(C)C)C(=O)N1CCc4c(n3c3ccccc43)[C@@H]12. The van der Waals surface area contributed by atoms with E-state index in [2.05, 4.69) is 37.2 Å². The fourth-order valence-corrected chi connectivity index (χ4v) is 7.92. The van der Waals surface area contributed by atoms with Crippen LogP contribution in [0.2, 0.25) is 19.6 Å². The highest BCUT2D eigenvalue weighted by Gasteiger charge is 2.74. The first-order valence-corrected chi connectivity index (χ1v) is 15.0. The molecule has 0 aliphatic carbocycles. The molecule has 4 aliphatic rings. The van der Waals surface area contributed by atoms with Gasteiger partial charge in [-0.1, -0.05) is 25.1 Å². The van der Waals surface area contributed by atoms with Gasteiger partial charge >= 0.3 is 5.97 Å². The summed E-state index contributed by atoms with van der Waals surface area (Å²) in [5, 5.41) is 1.14. The Bertz CT molecular complexity index is 1170. The van der Waals surface area contributed by atoms with Gasteiger partial charge in [0.15, 0.2) is 14.4 Å². The zero-order valence-electron chi connectivity index (χ0n) is 19.3. The lowest BCUT2D eigenvalue weighted by atomic mass is 9.62. The maximum atomic E-state index is 13.8. The Balaban J connectivity index is 1.69. The molecule has 1 amide bonds. The Morgan fingerprint density at radius 2 is 2.03 bits per heavy atom. The van der Waals surface area contributed by atoms with E-state index in [0.717, 1.165) is 29.4 Å². The van der Waals surface area contributed by atoms with Gasteiger partial charge in [-0.2, -0.15) is 0 Å². The van der Waals surface area contributed by atoms with Gasteiger partial charge in [-0.3, -0.25) is 4.79 Å². The van der Waals surface area contributed by atoms with E-state index in [9.17, 15) is 9.59 Å². The third-order valence-corrected chi connectivity index (χ3v) is 8.96. The predicted molar refractivity (Wildman–Crippen MR) is 121 cm³/mol. The molecule has 170 valence electrons. The molecule has 0 N–H and O–H groups in total. The van der Waals surface area contributed by atoms with Crippen molar-refractivity contribution in [2.24, 2.45) is 5.41 Å². The highest BCUT2D eigenvalue weighted by Crippen LogP contribution is 2.67. The van der Waals surface area contributed by atoms with Crippen LogP contribution < -0.4 is 0 Å². The topological polar surface area (TPSA) is 70.0 Å². The highest BCUT2D eigenvalue weighted by atomic mass is 28.4. The lowest BCUT2D eigenvalue weighted by molar-refractivity contribution is -0.194. The summed E-state index contributed by atoms with van der Waals surface area (Å²) in [5.41, 5.74) is 1.57. The number of fused-ring (bicyclic) bond motifs is 5. The average Bonchev–Trinajstić information content (AvgIpc) is 3.27. The van der Waals surface area contributed by atoms with Crippen LogP contribution in [0.3, 0.4) is 0 Å². The van der Waals surface area contributed by atoms with Gasteiger partial charge in [0.25, 0.3) is 5.91 Å². The summed E-state index contributed by atoms with van der Waals surface area (Å²) in [4.78, 5) is 29.3. The summed E-state index contributed by atoms with van der Waals surface area (Å²) in [6, 6.07) is 8.06. The van der Waals surface area contributed by atoms with Crippen molar-refractivity contribution >= 4 is 31.1 Å². The summed E-state index contributed by atoms with van der Waals surface area (Å²) < 4.78 is 20.7. The van der Waals surface area contributed by atoms with Crippen molar-refractivity contribution in [3.8, 4) is 0 Å². The van der Waals surface area contributed by atoms with Crippen LogP contribution in [0.4, 0.5) is 0 Å². The van der Waals surface area contributed by atoms with Crippen LogP contribution in [0.5, 0.6) is 0 Å². The highest BCUT2D eigenvalue weighted by molar-refractivity contribution is 6.69. The Hall–Kier alpha value is -2.16. The van der Waals surface area contributed by atoms with Gasteiger partial charge in [0, 0.05) is 29.5 Å². The molecule has 1 aromatic carbocycles. The predicted octanol–water partition coefficient (Wildman–Crippen LogP) is 3.33. The minimum absolute atomic E-state index is 0.00322. The molecular weight excluding hydrogens is 424 g/mol. The lowest BCUT2D eigenvalue weighted by Gasteiger charge is -2.56. The summed E-state index contributed by atoms with van der Waals surface area (Å²) in [6.07, 6.45) is 0.849. The second kappa shape index (κ2) is 6.24. The maximum absolute atomic E-state index is 13.8. The molecule has 0 radical (unpaired) electrons. The number of amides is 1. The van der Waals surface area contributed by atoms with Crippen molar-refractivity contribution in [2.75, 3.05) is 13.7 Å². The fourth-order valence-electron chi connectivity index (χ4n) is 6.93. The number of piperidine rings is 1. The van der Waals surface area contributed by atoms with Crippen LogP contribution in [0.15, 0.2) is 24.3 Å². The van der Waals surface area contributed by atoms with Gasteiger partial charge in [-0.25, -0.2) is 4.79 Å². The summed E-state index contributed by atoms with van der Waals surface area (Å²) in [5.74, 6) is -0.408. The number of aromatic nitrogens is 1. The minimum Gasteiger partial charge on any atom is -0.465 e. The summed E-state index contributed by atoms with van der Waals surface area (Å²) >= 11 is 0. The van der Waals surface area contributed by atoms with Crippen molar-refractivity contribution in [3.05, 3.63) is 35.5 Å². The van der Waals surface area contributed by atoms with Gasteiger partial charge in [-0.15, -0.1) is 0 Å². The summed E-state index contributed by atoms with van der Waals surface area (Å²) in [7, 11) is -0.645. The number of hydrogen-bond acceptors (Lipinski definition) is 5. The van der Waals surface area contributed by atoms with Crippen molar-refractivity contribution < 1.29 is 23.5 Å². The molecule has 2 bridgehead atoms. The first kappa shape index (κ1) is 20.4. The monoisotopic (exact) mass is 454 g/mol. The van der Waals surface area contributed by atoms with Gasteiger partial charge in [0.1, 0.15) is 6.10 Å². The van der Waals surface area contributed by atoms with Gasteiger partial charge in [-0.05, 0) is 44.1 Å². The van der Waals surface area contributed by atoms with Crippen LogP contribution in [-0.2, 0) is 35.6 Å². The molecule has 2 saturated heterocycles. The molecule has 0 spiro atoms. The van der Waals surface area contributed by atoms with E-state index < -0.39 is 37.6 Å². The molecule has 32 heavy (non-hydrogen) atoms. The summed E-state index contributed by atoms with van der Waals surface area (Å²) in [6.45, 7) is 9.08. The first-order chi connectivity index (χ1) is 15.2. The van der Waals surface area contributed by atoms with Gasteiger partial charge in [0.05, 0.1) is 18.7 Å². The van der Waals surface area contributed by atoms with Gasteiger partial charge < -0.3 is 23.4 Å². The molecule has 6 rings (SSSR count). The van der Waals surface area contributed by atoms with E-state index in [1.807, 2.05) is 23.1 Å². The van der Waals surface area contributed by atoms with E-state index in [0.29, 0.717) is 13.0 Å². The largest absolute Gasteiger partial charge is 0.465 e. The van der Waals surface area contributed by atoms with Crippen molar-refractivity contribution in [1.82, 2.24) is 9.47 Å². The van der Waals surface area contributed by atoms with Crippen molar-refractivity contribution in [3.63, 3.8) is 0 Å². The molecule has 0 unspecified atom stereocenters. The lowest BCUT2D eigenvalue weighted by Crippen LogP contribution is -2.65. The molecule has 2 aromatic rings. The second-order valence-electron chi connectivity index (χ2n) is 10.6. The number of nitrogens with zero attached hydrogens (tertiary/aromatic N) is 2. The third kappa shape index (κ3) is 2.23. The maximum Gasteiger partial charge on any atom is 0.360 e. The van der Waals surface area contributed by atoms with Crippen LogP contribution in [-0.4, -0.2) is 55.5 Å². The quantitative estimate of drug-likeness (QED) is 0.524. The van der Waals surface area contributed by atoms with E-state index >= 15 is 0 Å². The molecular formula is C24H30N2O5Si. The Kier molecular flexibility index (Phi) is 3.99.